The average molecular weight is 273 g/mol. The molecule has 0 radical (unpaired) electrons. The molecule has 98 valence electrons. The molecule has 1 aromatic carbocycles. The van der Waals surface area contributed by atoms with Crippen LogP contribution in [-0.2, 0) is 6.42 Å². The fourth-order valence-electron chi connectivity index (χ4n) is 2.58. The number of fused-ring (bicyclic) bond motifs is 1. The molecule has 0 saturated heterocycles. The molecule has 0 unspecified atom stereocenters. The van der Waals surface area contributed by atoms with Crippen LogP contribution >= 0.6 is 11.6 Å². The lowest BCUT2D eigenvalue weighted by Gasteiger charge is -2.18. The Bertz CT molecular complexity index is 595. The van der Waals surface area contributed by atoms with Crippen molar-refractivity contribution in [2.75, 3.05) is 18.5 Å². The summed E-state index contributed by atoms with van der Waals surface area (Å²) < 4.78 is 0. The molecule has 3 heteroatoms. The Morgan fingerprint density at radius 1 is 1.16 bits per heavy atom. The van der Waals surface area contributed by atoms with Crippen molar-refractivity contribution >= 4 is 17.4 Å². The number of benzene rings is 1. The van der Waals surface area contributed by atoms with Crippen molar-refractivity contribution in [3.05, 3.63) is 47.0 Å². The quantitative estimate of drug-likeness (QED) is 0.774. The third-order valence-corrected chi connectivity index (χ3v) is 3.86. The SMILES string of the molecule is CN1CCCCc2ccc(-c3cccc(Cl)c3)nc21. The third kappa shape index (κ3) is 2.59. The number of halogens is 1. The summed E-state index contributed by atoms with van der Waals surface area (Å²) in [6, 6.07) is 12.2. The Balaban J connectivity index is 2.05. The van der Waals surface area contributed by atoms with Crippen LogP contribution in [0, 0.1) is 0 Å². The van der Waals surface area contributed by atoms with Gasteiger partial charge in [0.25, 0.3) is 0 Å². The first-order valence-electron chi connectivity index (χ1n) is 6.71. The predicted octanol–water partition coefficient (Wildman–Crippen LogP) is 4.17. The molecular formula is C16H17ClN2. The van der Waals surface area contributed by atoms with E-state index in [1.165, 1.54) is 18.4 Å². The molecule has 2 nitrogen and oxygen atoms in total. The molecule has 0 saturated carbocycles. The van der Waals surface area contributed by atoms with E-state index in [1.807, 2.05) is 18.2 Å². The summed E-state index contributed by atoms with van der Waals surface area (Å²) in [4.78, 5) is 7.09. The number of nitrogens with zero attached hydrogens (tertiary/aromatic N) is 2. The minimum Gasteiger partial charge on any atom is -0.359 e. The topological polar surface area (TPSA) is 16.1 Å². The van der Waals surface area contributed by atoms with Crippen molar-refractivity contribution in [1.29, 1.82) is 0 Å². The summed E-state index contributed by atoms with van der Waals surface area (Å²) in [5.41, 5.74) is 3.42. The van der Waals surface area contributed by atoms with Crippen LogP contribution in [0.25, 0.3) is 11.3 Å². The summed E-state index contributed by atoms with van der Waals surface area (Å²) >= 11 is 6.05. The fraction of sp³-hybridized carbons (Fsp3) is 0.312. The first-order valence-corrected chi connectivity index (χ1v) is 7.09. The highest BCUT2D eigenvalue weighted by Gasteiger charge is 2.14. The van der Waals surface area contributed by atoms with Gasteiger partial charge in [0.1, 0.15) is 5.82 Å². The van der Waals surface area contributed by atoms with Gasteiger partial charge in [-0.05, 0) is 43.0 Å². The van der Waals surface area contributed by atoms with Crippen molar-refractivity contribution in [3.63, 3.8) is 0 Å². The first-order chi connectivity index (χ1) is 9.24. The van der Waals surface area contributed by atoms with Crippen LogP contribution < -0.4 is 4.90 Å². The average Bonchev–Trinajstić information content (AvgIpc) is 2.61. The van der Waals surface area contributed by atoms with E-state index in [1.54, 1.807) is 0 Å². The number of anilines is 1. The van der Waals surface area contributed by atoms with Crippen LogP contribution in [0.3, 0.4) is 0 Å². The second kappa shape index (κ2) is 5.22. The molecule has 1 aliphatic rings. The van der Waals surface area contributed by atoms with Gasteiger partial charge in [-0.15, -0.1) is 0 Å². The zero-order valence-electron chi connectivity index (χ0n) is 11.1. The molecular weight excluding hydrogens is 256 g/mol. The Kier molecular flexibility index (Phi) is 3.43. The van der Waals surface area contributed by atoms with E-state index >= 15 is 0 Å². The van der Waals surface area contributed by atoms with Crippen LogP contribution in [0.5, 0.6) is 0 Å². The standard InChI is InChI=1S/C16H17ClN2/c1-19-10-3-2-5-12-8-9-15(18-16(12)19)13-6-4-7-14(17)11-13/h4,6-9,11H,2-3,5,10H2,1H3. The van der Waals surface area contributed by atoms with Gasteiger partial charge in [-0.2, -0.15) is 0 Å². The van der Waals surface area contributed by atoms with Gasteiger partial charge < -0.3 is 4.90 Å². The molecule has 0 fully saturated rings. The highest BCUT2D eigenvalue weighted by molar-refractivity contribution is 6.30. The molecule has 0 N–H and O–H groups in total. The molecule has 0 spiro atoms. The summed E-state index contributed by atoms with van der Waals surface area (Å²) in [6.07, 6.45) is 3.61. The number of hydrogen-bond donors (Lipinski definition) is 0. The van der Waals surface area contributed by atoms with E-state index in [2.05, 4.69) is 30.1 Å². The molecule has 1 aromatic heterocycles. The van der Waals surface area contributed by atoms with Gasteiger partial charge in [-0.25, -0.2) is 4.98 Å². The van der Waals surface area contributed by atoms with Gasteiger partial charge in [0, 0.05) is 24.2 Å². The van der Waals surface area contributed by atoms with Gasteiger partial charge >= 0.3 is 0 Å². The normalized spacial score (nSPS) is 14.9. The Hall–Kier alpha value is -1.54. The van der Waals surface area contributed by atoms with Crippen LogP contribution in [0.15, 0.2) is 36.4 Å². The summed E-state index contributed by atoms with van der Waals surface area (Å²) in [5.74, 6) is 1.12. The molecule has 3 rings (SSSR count). The lowest BCUT2D eigenvalue weighted by molar-refractivity contribution is 0.748. The molecule has 2 heterocycles. The molecule has 0 bridgehead atoms. The molecule has 2 aromatic rings. The maximum Gasteiger partial charge on any atom is 0.132 e. The van der Waals surface area contributed by atoms with Gasteiger partial charge in [0.2, 0.25) is 0 Å². The van der Waals surface area contributed by atoms with Crippen LogP contribution in [0.1, 0.15) is 18.4 Å². The lowest BCUT2D eigenvalue weighted by Crippen LogP contribution is -2.19. The van der Waals surface area contributed by atoms with Crippen molar-refractivity contribution in [2.24, 2.45) is 0 Å². The van der Waals surface area contributed by atoms with Crippen molar-refractivity contribution in [1.82, 2.24) is 4.98 Å². The minimum atomic E-state index is 0.752. The minimum absolute atomic E-state index is 0.752. The molecule has 0 aliphatic carbocycles. The third-order valence-electron chi connectivity index (χ3n) is 3.63. The maximum atomic E-state index is 6.05. The molecule has 0 atom stereocenters. The zero-order valence-corrected chi connectivity index (χ0v) is 11.8. The maximum absolute atomic E-state index is 6.05. The summed E-state index contributed by atoms with van der Waals surface area (Å²) in [6.45, 7) is 1.08. The second-order valence-corrected chi connectivity index (χ2v) is 5.50. The van der Waals surface area contributed by atoms with Crippen LogP contribution in [0.4, 0.5) is 5.82 Å². The summed E-state index contributed by atoms with van der Waals surface area (Å²) in [7, 11) is 2.12. The fourth-order valence-corrected chi connectivity index (χ4v) is 2.77. The summed E-state index contributed by atoms with van der Waals surface area (Å²) in [5, 5.41) is 0.752. The first kappa shape index (κ1) is 12.5. The Morgan fingerprint density at radius 3 is 2.89 bits per heavy atom. The number of aromatic nitrogens is 1. The van der Waals surface area contributed by atoms with Crippen LogP contribution in [0.2, 0.25) is 5.02 Å². The molecule has 1 aliphatic heterocycles. The van der Waals surface area contributed by atoms with Gasteiger partial charge in [-0.1, -0.05) is 29.8 Å². The number of pyridine rings is 1. The smallest absolute Gasteiger partial charge is 0.132 e. The van der Waals surface area contributed by atoms with E-state index in [4.69, 9.17) is 16.6 Å². The van der Waals surface area contributed by atoms with E-state index in [-0.39, 0.29) is 0 Å². The Morgan fingerprint density at radius 2 is 2.05 bits per heavy atom. The van der Waals surface area contributed by atoms with Crippen molar-refractivity contribution < 1.29 is 0 Å². The van der Waals surface area contributed by atoms with Gasteiger partial charge in [0.05, 0.1) is 5.69 Å². The zero-order chi connectivity index (χ0) is 13.2. The number of rotatable bonds is 1. The molecule has 0 amide bonds. The van der Waals surface area contributed by atoms with E-state index in [0.717, 1.165) is 35.1 Å². The Labute approximate surface area is 119 Å². The van der Waals surface area contributed by atoms with Crippen molar-refractivity contribution in [2.45, 2.75) is 19.3 Å². The molecule has 19 heavy (non-hydrogen) atoms. The predicted molar refractivity (Wildman–Crippen MR) is 80.9 cm³/mol. The van der Waals surface area contributed by atoms with Gasteiger partial charge in [0.15, 0.2) is 0 Å². The van der Waals surface area contributed by atoms with Crippen LogP contribution in [-0.4, -0.2) is 18.6 Å². The van der Waals surface area contributed by atoms with E-state index < -0.39 is 0 Å². The number of aryl methyl sites for hydroxylation is 1. The van der Waals surface area contributed by atoms with Gasteiger partial charge in [-0.3, -0.25) is 0 Å². The van der Waals surface area contributed by atoms with E-state index in [9.17, 15) is 0 Å². The lowest BCUT2D eigenvalue weighted by atomic mass is 10.1. The number of hydrogen-bond acceptors (Lipinski definition) is 2. The highest BCUT2D eigenvalue weighted by atomic mass is 35.5. The monoisotopic (exact) mass is 272 g/mol. The second-order valence-electron chi connectivity index (χ2n) is 5.07. The van der Waals surface area contributed by atoms with Crippen molar-refractivity contribution in [3.8, 4) is 11.3 Å². The van der Waals surface area contributed by atoms with E-state index in [0.29, 0.717) is 0 Å². The highest BCUT2D eigenvalue weighted by Crippen LogP contribution is 2.28. The largest absolute Gasteiger partial charge is 0.359 e.